The average molecular weight is 542 g/mol. The Hall–Kier alpha value is -4.11. The molecule has 1 fully saturated rings. The highest BCUT2D eigenvalue weighted by atomic mass is 32.2. The standard InChI is InChI=1S/C30H31N5O3S/c1-22(36)34-15-17-35(18-16-34)28-19-26(24-11-7-4-8-12-24)31-30(32-28)39-21-25-13-14-27(38-25)29(37)33(2)20-23-9-5-3-6-10-23/h3-14,19H,15-18,20-21H2,1-2H3. The molecule has 0 atom stereocenters. The summed E-state index contributed by atoms with van der Waals surface area (Å²) in [6.45, 7) is 4.89. The third kappa shape index (κ3) is 6.67. The normalized spacial score (nSPS) is 13.4. The number of furan rings is 1. The Labute approximate surface area is 232 Å². The number of nitrogens with zero attached hydrogens (tertiary/aromatic N) is 5. The second kappa shape index (κ2) is 12.2. The van der Waals surface area contributed by atoms with Gasteiger partial charge in [-0.3, -0.25) is 9.59 Å². The predicted octanol–water partition coefficient (Wildman–Crippen LogP) is 4.97. The van der Waals surface area contributed by atoms with Crippen LogP contribution in [0, 0.1) is 0 Å². The van der Waals surface area contributed by atoms with Crippen molar-refractivity contribution in [3.8, 4) is 11.3 Å². The SMILES string of the molecule is CC(=O)N1CCN(c2cc(-c3ccccc3)nc(SCc3ccc(C(=O)N(C)Cc4ccccc4)o3)n2)CC1. The molecule has 1 aliphatic rings. The summed E-state index contributed by atoms with van der Waals surface area (Å²) in [5.41, 5.74) is 2.91. The van der Waals surface area contributed by atoms with Crippen LogP contribution in [0.1, 0.15) is 28.8 Å². The van der Waals surface area contributed by atoms with Crippen LogP contribution in [0.5, 0.6) is 0 Å². The molecular formula is C30H31N5O3S. The maximum absolute atomic E-state index is 12.9. The minimum atomic E-state index is -0.163. The molecule has 9 heteroatoms. The zero-order chi connectivity index (χ0) is 27.2. The summed E-state index contributed by atoms with van der Waals surface area (Å²) in [5, 5.41) is 0.630. The van der Waals surface area contributed by atoms with E-state index in [2.05, 4.69) is 4.90 Å². The van der Waals surface area contributed by atoms with E-state index in [1.807, 2.05) is 77.7 Å². The third-order valence-electron chi connectivity index (χ3n) is 6.64. The number of amides is 2. The van der Waals surface area contributed by atoms with Crippen molar-refractivity contribution in [1.29, 1.82) is 0 Å². The van der Waals surface area contributed by atoms with E-state index in [1.165, 1.54) is 11.8 Å². The Kier molecular flexibility index (Phi) is 8.27. The number of benzene rings is 2. The van der Waals surface area contributed by atoms with Crippen LogP contribution in [0.4, 0.5) is 5.82 Å². The molecule has 1 aliphatic heterocycles. The number of carbonyl (C=O) groups excluding carboxylic acids is 2. The van der Waals surface area contributed by atoms with Crippen molar-refractivity contribution in [2.75, 3.05) is 38.1 Å². The van der Waals surface area contributed by atoms with Crippen LogP contribution in [0.2, 0.25) is 0 Å². The lowest BCUT2D eigenvalue weighted by Crippen LogP contribution is -2.48. The highest BCUT2D eigenvalue weighted by Crippen LogP contribution is 2.28. The molecule has 0 saturated carbocycles. The maximum atomic E-state index is 12.9. The highest BCUT2D eigenvalue weighted by molar-refractivity contribution is 7.98. The van der Waals surface area contributed by atoms with Crippen LogP contribution in [0.15, 0.2) is 88.4 Å². The number of carbonyl (C=O) groups is 2. The first-order valence-electron chi connectivity index (χ1n) is 12.9. The number of hydrogen-bond acceptors (Lipinski definition) is 7. The fourth-order valence-corrected chi connectivity index (χ4v) is 5.22. The van der Waals surface area contributed by atoms with Crippen LogP contribution in [-0.4, -0.2) is 64.8 Å². The molecule has 4 aromatic rings. The Morgan fingerprint density at radius 1 is 0.923 bits per heavy atom. The van der Waals surface area contributed by atoms with Crippen molar-refractivity contribution in [2.24, 2.45) is 0 Å². The van der Waals surface area contributed by atoms with Gasteiger partial charge < -0.3 is 19.1 Å². The van der Waals surface area contributed by atoms with Gasteiger partial charge in [0.25, 0.3) is 5.91 Å². The molecule has 0 N–H and O–H groups in total. The van der Waals surface area contributed by atoms with Gasteiger partial charge in [-0.1, -0.05) is 72.4 Å². The summed E-state index contributed by atoms with van der Waals surface area (Å²) in [4.78, 5) is 40.0. The van der Waals surface area contributed by atoms with E-state index in [-0.39, 0.29) is 11.8 Å². The lowest BCUT2D eigenvalue weighted by atomic mass is 10.1. The Balaban J connectivity index is 1.29. The molecule has 1 saturated heterocycles. The number of hydrogen-bond donors (Lipinski definition) is 0. The smallest absolute Gasteiger partial charge is 0.289 e. The van der Waals surface area contributed by atoms with Crippen molar-refractivity contribution in [3.05, 3.63) is 95.9 Å². The van der Waals surface area contributed by atoms with E-state index < -0.39 is 0 Å². The van der Waals surface area contributed by atoms with Crippen molar-refractivity contribution < 1.29 is 14.0 Å². The van der Waals surface area contributed by atoms with Gasteiger partial charge in [0.2, 0.25) is 5.91 Å². The molecule has 3 heterocycles. The van der Waals surface area contributed by atoms with E-state index >= 15 is 0 Å². The van der Waals surface area contributed by atoms with Gasteiger partial charge in [-0.25, -0.2) is 9.97 Å². The Morgan fingerprint density at radius 3 is 2.31 bits per heavy atom. The second-order valence-corrected chi connectivity index (χ2v) is 10.4. The highest BCUT2D eigenvalue weighted by Gasteiger charge is 2.22. The molecule has 8 nitrogen and oxygen atoms in total. The molecule has 0 spiro atoms. The van der Waals surface area contributed by atoms with Crippen LogP contribution in [0.3, 0.4) is 0 Å². The first-order chi connectivity index (χ1) is 19.0. The number of anilines is 1. The summed E-state index contributed by atoms with van der Waals surface area (Å²) in [5.74, 6) is 2.26. The van der Waals surface area contributed by atoms with Gasteiger partial charge in [-0.15, -0.1) is 0 Å². The monoisotopic (exact) mass is 541 g/mol. The van der Waals surface area contributed by atoms with Gasteiger partial charge in [-0.2, -0.15) is 0 Å². The van der Waals surface area contributed by atoms with Gasteiger partial charge in [0.15, 0.2) is 10.9 Å². The number of piperazine rings is 1. The summed E-state index contributed by atoms with van der Waals surface area (Å²) in [7, 11) is 1.77. The topological polar surface area (TPSA) is 82.8 Å². The molecule has 2 aromatic heterocycles. The summed E-state index contributed by atoms with van der Waals surface area (Å²) in [6.07, 6.45) is 0. The van der Waals surface area contributed by atoms with Gasteiger partial charge >= 0.3 is 0 Å². The van der Waals surface area contributed by atoms with Gasteiger partial charge in [0.05, 0.1) is 11.4 Å². The Bertz CT molecular complexity index is 1420. The fourth-order valence-electron chi connectivity index (χ4n) is 4.47. The van der Waals surface area contributed by atoms with Gasteiger partial charge in [0.1, 0.15) is 11.6 Å². The maximum Gasteiger partial charge on any atom is 0.289 e. The average Bonchev–Trinajstić information content (AvgIpc) is 3.45. The minimum Gasteiger partial charge on any atom is -0.455 e. The molecule has 2 aromatic carbocycles. The molecule has 2 amide bonds. The third-order valence-corrected chi connectivity index (χ3v) is 7.51. The molecule has 39 heavy (non-hydrogen) atoms. The van der Waals surface area contributed by atoms with Gasteiger partial charge in [0, 0.05) is 58.3 Å². The summed E-state index contributed by atoms with van der Waals surface area (Å²) in [6, 6.07) is 25.5. The molecular weight excluding hydrogens is 510 g/mol. The van der Waals surface area contributed by atoms with E-state index in [0.717, 1.165) is 35.7 Å². The molecule has 5 rings (SSSR count). The lowest BCUT2D eigenvalue weighted by Gasteiger charge is -2.35. The number of thioether (sulfide) groups is 1. The zero-order valence-corrected chi connectivity index (χ0v) is 22.9. The van der Waals surface area contributed by atoms with E-state index in [1.54, 1.807) is 24.9 Å². The van der Waals surface area contributed by atoms with Crippen molar-refractivity contribution in [2.45, 2.75) is 24.4 Å². The van der Waals surface area contributed by atoms with Crippen LogP contribution in [0.25, 0.3) is 11.3 Å². The van der Waals surface area contributed by atoms with E-state index in [4.69, 9.17) is 14.4 Å². The first kappa shape index (κ1) is 26.5. The minimum absolute atomic E-state index is 0.0983. The van der Waals surface area contributed by atoms with Crippen molar-refractivity contribution in [3.63, 3.8) is 0 Å². The molecule has 0 radical (unpaired) electrons. The quantitative estimate of drug-likeness (QED) is 0.230. The van der Waals surface area contributed by atoms with E-state index in [0.29, 0.717) is 42.1 Å². The second-order valence-electron chi connectivity index (χ2n) is 9.45. The summed E-state index contributed by atoms with van der Waals surface area (Å²) < 4.78 is 5.91. The molecule has 0 unspecified atom stereocenters. The van der Waals surface area contributed by atoms with Crippen molar-refractivity contribution >= 4 is 29.4 Å². The number of aromatic nitrogens is 2. The van der Waals surface area contributed by atoms with Crippen LogP contribution < -0.4 is 4.90 Å². The fraction of sp³-hybridized carbons (Fsp3) is 0.267. The molecule has 200 valence electrons. The summed E-state index contributed by atoms with van der Waals surface area (Å²) >= 11 is 1.47. The van der Waals surface area contributed by atoms with E-state index in [9.17, 15) is 9.59 Å². The van der Waals surface area contributed by atoms with Crippen molar-refractivity contribution in [1.82, 2.24) is 19.8 Å². The Morgan fingerprint density at radius 2 is 1.62 bits per heavy atom. The molecule has 0 bridgehead atoms. The van der Waals surface area contributed by atoms with Crippen LogP contribution >= 0.6 is 11.8 Å². The first-order valence-corrected chi connectivity index (χ1v) is 13.9. The largest absolute Gasteiger partial charge is 0.455 e. The lowest BCUT2D eigenvalue weighted by molar-refractivity contribution is -0.129. The number of rotatable bonds is 8. The van der Waals surface area contributed by atoms with Crippen LogP contribution in [-0.2, 0) is 17.1 Å². The molecule has 0 aliphatic carbocycles. The zero-order valence-electron chi connectivity index (χ0n) is 22.1. The van der Waals surface area contributed by atoms with Gasteiger partial charge in [-0.05, 0) is 17.7 Å². The predicted molar refractivity (Wildman–Crippen MR) is 152 cm³/mol.